The molecule has 0 radical (unpaired) electrons. The summed E-state index contributed by atoms with van der Waals surface area (Å²) >= 11 is 0. The molecule has 0 amide bonds. The van der Waals surface area contributed by atoms with E-state index < -0.39 is 11.2 Å². The summed E-state index contributed by atoms with van der Waals surface area (Å²) in [5, 5.41) is 20.4. The summed E-state index contributed by atoms with van der Waals surface area (Å²) in [5.74, 6) is 1.87. The van der Waals surface area contributed by atoms with Gasteiger partial charge in [-0.25, -0.2) is 4.79 Å². The quantitative estimate of drug-likeness (QED) is 0.787. The van der Waals surface area contributed by atoms with Gasteiger partial charge in [0, 0.05) is 27.1 Å². The molecule has 0 saturated heterocycles. The van der Waals surface area contributed by atoms with Crippen molar-refractivity contribution in [2.24, 2.45) is 14.1 Å². The highest BCUT2D eigenvalue weighted by molar-refractivity contribution is 5.51. The molecular formula is C13H15N7O2. The van der Waals surface area contributed by atoms with E-state index in [1.54, 1.807) is 0 Å². The van der Waals surface area contributed by atoms with Crippen LogP contribution >= 0.6 is 0 Å². The van der Waals surface area contributed by atoms with Crippen LogP contribution in [0.1, 0.15) is 23.6 Å². The van der Waals surface area contributed by atoms with E-state index in [0.717, 1.165) is 35.6 Å². The summed E-state index contributed by atoms with van der Waals surface area (Å²) in [6, 6.07) is 1.86. The highest BCUT2D eigenvalue weighted by Crippen LogP contribution is 2.15. The van der Waals surface area contributed by atoms with Gasteiger partial charge in [-0.05, 0) is 6.42 Å². The van der Waals surface area contributed by atoms with E-state index in [9.17, 15) is 14.9 Å². The molecule has 2 aromatic rings. The molecule has 3 rings (SSSR count). The van der Waals surface area contributed by atoms with Crippen molar-refractivity contribution in [2.45, 2.75) is 25.9 Å². The maximum atomic E-state index is 12.0. The molecule has 0 fully saturated rings. The molecule has 22 heavy (non-hydrogen) atoms. The molecular weight excluding hydrogens is 286 g/mol. The second kappa shape index (κ2) is 5.14. The third kappa shape index (κ3) is 2.00. The Morgan fingerprint density at radius 1 is 1.27 bits per heavy atom. The molecule has 2 aromatic heterocycles. The van der Waals surface area contributed by atoms with Gasteiger partial charge < -0.3 is 9.88 Å². The van der Waals surface area contributed by atoms with E-state index in [0.29, 0.717) is 6.54 Å². The van der Waals surface area contributed by atoms with Crippen LogP contribution in [0.2, 0.25) is 0 Å². The lowest BCUT2D eigenvalue weighted by Gasteiger charge is -2.13. The standard InChI is InChI=1S/C13H15N7O2/c1-18-11(8(6-14)12(21)19(2)13(18)22)15-7-10-17-16-9-4-3-5-20(9)10/h15H,3-5,7H2,1-2H3. The van der Waals surface area contributed by atoms with Gasteiger partial charge in [0.2, 0.25) is 0 Å². The van der Waals surface area contributed by atoms with Crippen molar-refractivity contribution in [1.29, 1.82) is 5.26 Å². The first-order valence-corrected chi connectivity index (χ1v) is 6.89. The lowest BCUT2D eigenvalue weighted by atomic mass is 10.3. The maximum Gasteiger partial charge on any atom is 0.332 e. The second-order valence-corrected chi connectivity index (χ2v) is 5.18. The number of hydrogen-bond donors (Lipinski definition) is 1. The van der Waals surface area contributed by atoms with Crippen LogP contribution in [-0.4, -0.2) is 23.9 Å². The molecule has 1 aliphatic rings. The van der Waals surface area contributed by atoms with Gasteiger partial charge in [0.05, 0.1) is 6.54 Å². The fourth-order valence-electron chi connectivity index (χ4n) is 2.66. The zero-order valence-corrected chi connectivity index (χ0v) is 12.3. The Bertz CT molecular complexity index is 897. The van der Waals surface area contributed by atoms with Crippen molar-refractivity contribution in [3.63, 3.8) is 0 Å². The van der Waals surface area contributed by atoms with Crippen molar-refractivity contribution in [3.8, 4) is 6.07 Å². The molecule has 3 heterocycles. The average molecular weight is 301 g/mol. The number of nitrogens with one attached hydrogen (secondary N) is 1. The molecule has 0 aliphatic carbocycles. The predicted molar refractivity (Wildman–Crippen MR) is 77.3 cm³/mol. The van der Waals surface area contributed by atoms with Crippen LogP contribution in [0.5, 0.6) is 0 Å². The van der Waals surface area contributed by atoms with Gasteiger partial charge in [0.15, 0.2) is 11.4 Å². The Balaban J connectivity index is 1.98. The summed E-state index contributed by atoms with van der Waals surface area (Å²) < 4.78 is 4.18. The first-order chi connectivity index (χ1) is 10.5. The minimum absolute atomic E-state index is 0.0919. The van der Waals surface area contributed by atoms with E-state index in [-0.39, 0.29) is 11.4 Å². The molecule has 0 atom stereocenters. The predicted octanol–water partition coefficient (Wildman–Crippen LogP) is -0.895. The number of rotatable bonds is 3. The van der Waals surface area contributed by atoms with Crippen molar-refractivity contribution in [2.75, 3.05) is 5.32 Å². The van der Waals surface area contributed by atoms with Crippen LogP contribution in [0.25, 0.3) is 0 Å². The minimum atomic E-state index is -0.612. The van der Waals surface area contributed by atoms with Gasteiger partial charge in [-0.1, -0.05) is 0 Å². The second-order valence-electron chi connectivity index (χ2n) is 5.18. The first kappa shape index (κ1) is 14.1. The largest absolute Gasteiger partial charge is 0.363 e. The number of nitriles is 1. The number of aryl methyl sites for hydroxylation is 1. The normalized spacial score (nSPS) is 13.0. The number of anilines is 1. The Hall–Kier alpha value is -2.89. The van der Waals surface area contributed by atoms with Crippen LogP contribution in [0.4, 0.5) is 5.82 Å². The van der Waals surface area contributed by atoms with Crippen LogP contribution in [-0.2, 0) is 33.6 Å². The lowest BCUT2D eigenvalue weighted by Crippen LogP contribution is -2.39. The zero-order valence-electron chi connectivity index (χ0n) is 12.3. The van der Waals surface area contributed by atoms with Gasteiger partial charge in [-0.2, -0.15) is 5.26 Å². The number of fused-ring (bicyclic) bond motifs is 1. The van der Waals surface area contributed by atoms with E-state index in [2.05, 4.69) is 15.5 Å². The van der Waals surface area contributed by atoms with Crippen LogP contribution < -0.4 is 16.6 Å². The number of hydrogen-bond acceptors (Lipinski definition) is 6. The molecule has 1 aliphatic heterocycles. The van der Waals surface area contributed by atoms with Crippen molar-refractivity contribution in [3.05, 3.63) is 38.1 Å². The minimum Gasteiger partial charge on any atom is -0.363 e. The van der Waals surface area contributed by atoms with Crippen LogP contribution in [0, 0.1) is 11.3 Å². The molecule has 1 N–H and O–H groups in total. The Morgan fingerprint density at radius 3 is 2.77 bits per heavy atom. The molecule has 0 spiro atoms. The van der Waals surface area contributed by atoms with E-state index in [1.807, 2.05) is 10.6 Å². The van der Waals surface area contributed by atoms with Crippen molar-refractivity contribution in [1.82, 2.24) is 23.9 Å². The fraction of sp³-hybridized carbons (Fsp3) is 0.462. The summed E-state index contributed by atoms with van der Waals surface area (Å²) in [5.41, 5.74) is -1.19. The van der Waals surface area contributed by atoms with Crippen molar-refractivity contribution < 1.29 is 0 Å². The monoisotopic (exact) mass is 301 g/mol. The lowest BCUT2D eigenvalue weighted by molar-refractivity contribution is 0.673. The van der Waals surface area contributed by atoms with E-state index in [1.165, 1.54) is 18.7 Å². The molecule has 9 nitrogen and oxygen atoms in total. The van der Waals surface area contributed by atoms with Gasteiger partial charge in [-0.15, -0.1) is 10.2 Å². The molecule has 0 aromatic carbocycles. The van der Waals surface area contributed by atoms with Crippen molar-refractivity contribution >= 4 is 5.82 Å². The average Bonchev–Trinajstić information content (AvgIpc) is 3.11. The SMILES string of the molecule is Cn1c(NCc2nnc3n2CCC3)c(C#N)c(=O)n(C)c1=O. The molecule has 9 heteroatoms. The summed E-state index contributed by atoms with van der Waals surface area (Å²) in [7, 11) is 2.86. The Morgan fingerprint density at radius 2 is 2.05 bits per heavy atom. The van der Waals surface area contributed by atoms with Gasteiger partial charge in [-0.3, -0.25) is 13.9 Å². The Labute approximate surface area is 125 Å². The third-order valence-electron chi connectivity index (χ3n) is 3.88. The van der Waals surface area contributed by atoms with E-state index in [4.69, 9.17) is 0 Å². The zero-order chi connectivity index (χ0) is 15.9. The maximum absolute atomic E-state index is 12.0. The third-order valence-corrected chi connectivity index (χ3v) is 3.88. The van der Waals surface area contributed by atoms with Gasteiger partial charge >= 0.3 is 5.69 Å². The highest BCUT2D eigenvalue weighted by atomic mass is 16.2. The molecule has 0 bridgehead atoms. The number of aromatic nitrogens is 5. The topological polar surface area (TPSA) is 111 Å². The van der Waals surface area contributed by atoms with Crippen LogP contribution in [0.3, 0.4) is 0 Å². The molecule has 0 saturated carbocycles. The van der Waals surface area contributed by atoms with Crippen LogP contribution in [0.15, 0.2) is 9.59 Å². The number of nitrogens with zero attached hydrogens (tertiary/aromatic N) is 6. The molecule has 0 unspecified atom stereocenters. The summed E-state index contributed by atoms with van der Waals surface area (Å²) in [4.78, 5) is 24.0. The Kier molecular flexibility index (Phi) is 3.29. The summed E-state index contributed by atoms with van der Waals surface area (Å²) in [6.45, 7) is 1.15. The van der Waals surface area contributed by atoms with Gasteiger partial charge in [0.25, 0.3) is 5.56 Å². The smallest absolute Gasteiger partial charge is 0.332 e. The molecule has 114 valence electrons. The first-order valence-electron chi connectivity index (χ1n) is 6.89. The fourth-order valence-corrected chi connectivity index (χ4v) is 2.66. The van der Waals surface area contributed by atoms with Gasteiger partial charge in [0.1, 0.15) is 17.7 Å². The highest BCUT2D eigenvalue weighted by Gasteiger charge is 2.19. The van der Waals surface area contributed by atoms with E-state index >= 15 is 0 Å². The summed E-state index contributed by atoms with van der Waals surface area (Å²) in [6.07, 6.45) is 1.94.